The Hall–Kier alpha value is -3.20. The number of rotatable bonds is 2. The average molecular weight is 281 g/mol. The molecule has 3 aromatic heterocycles. The molecule has 0 spiro atoms. The highest BCUT2D eigenvalue weighted by Crippen LogP contribution is 2.22. The number of hydrazine groups is 1. The van der Waals surface area contributed by atoms with Gasteiger partial charge < -0.3 is 5.73 Å². The fourth-order valence-corrected chi connectivity index (χ4v) is 2.26. The molecule has 0 aliphatic heterocycles. The van der Waals surface area contributed by atoms with Crippen molar-refractivity contribution >= 4 is 28.6 Å². The van der Waals surface area contributed by atoms with Gasteiger partial charge in [-0.1, -0.05) is 18.2 Å². The van der Waals surface area contributed by atoms with Gasteiger partial charge in [-0.3, -0.25) is 5.43 Å². The second kappa shape index (κ2) is 4.15. The highest BCUT2D eigenvalue weighted by molar-refractivity contribution is 5.91. The average Bonchev–Trinajstić information content (AvgIpc) is 3.09. The molecule has 3 heterocycles. The maximum absolute atomic E-state index is 5.66. The molecule has 9 heteroatoms. The van der Waals surface area contributed by atoms with Gasteiger partial charge in [0, 0.05) is 0 Å². The lowest BCUT2D eigenvalue weighted by molar-refractivity contribution is 0.883. The molecule has 0 saturated carbocycles. The highest BCUT2D eigenvalue weighted by atomic mass is 15.4. The number of para-hydroxylation sites is 1. The van der Waals surface area contributed by atoms with Crippen LogP contribution in [0.3, 0.4) is 0 Å². The van der Waals surface area contributed by atoms with Gasteiger partial charge in [-0.05, 0) is 12.1 Å². The summed E-state index contributed by atoms with van der Waals surface area (Å²) in [4.78, 5) is 8.64. The van der Waals surface area contributed by atoms with E-state index in [1.807, 2.05) is 30.3 Å². The molecule has 0 saturated heterocycles. The molecule has 0 atom stereocenters. The molecule has 0 fully saturated rings. The summed E-state index contributed by atoms with van der Waals surface area (Å²) in [6, 6.07) is 9.67. The highest BCUT2D eigenvalue weighted by Gasteiger charge is 2.16. The molecular weight excluding hydrogens is 270 g/mol. The molecule has 104 valence electrons. The molecule has 0 radical (unpaired) electrons. The van der Waals surface area contributed by atoms with Gasteiger partial charge in [0.05, 0.1) is 17.3 Å². The fourth-order valence-electron chi connectivity index (χ4n) is 2.26. The minimum absolute atomic E-state index is 0.147. The third kappa shape index (κ3) is 1.61. The number of anilines is 2. The Balaban J connectivity index is 2.10. The number of aromatic nitrogens is 6. The summed E-state index contributed by atoms with van der Waals surface area (Å²) >= 11 is 0. The van der Waals surface area contributed by atoms with Crippen molar-refractivity contribution in [2.24, 2.45) is 5.84 Å². The monoisotopic (exact) mass is 281 g/mol. The van der Waals surface area contributed by atoms with Gasteiger partial charge in [-0.2, -0.15) is 19.6 Å². The van der Waals surface area contributed by atoms with Crippen LogP contribution in [0.1, 0.15) is 0 Å². The van der Waals surface area contributed by atoms with Crippen molar-refractivity contribution in [3.05, 3.63) is 36.5 Å². The zero-order chi connectivity index (χ0) is 14.4. The molecule has 0 bridgehead atoms. The van der Waals surface area contributed by atoms with Crippen LogP contribution < -0.4 is 17.0 Å². The number of hydrogen-bond acceptors (Lipinski definition) is 7. The van der Waals surface area contributed by atoms with E-state index >= 15 is 0 Å². The quantitative estimate of drug-likeness (QED) is 0.357. The number of hydrogen-bond donors (Lipinski definition) is 3. The Morgan fingerprint density at radius 1 is 1.05 bits per heavy atom. The zero-order valence-electron chi connectivity index (χ0n) is 10.8. The number of nitrogens with one attached hydrogen (secondary N) is 1. The second-order valence-electron chi connectivity index (χ2n) is 4.41. The van der Waals surface area contributed by atoms with Crippen LogP contribution in [0.5, 0.6) is 0 Å². The standard InChI is InChI=1S/C12H11N9/c13-11-16-9-8-6-15-20(7-4-2-1-3-5-7)10(8)17-12(18-14)21(9)19-11/h1-6H,14H2,(H2,13,19)(H,17,18). The number of nitrogen functional groups attached to an aromatic ring is 2. The second-order valence-corrected chi connectivity index (χ2v) is 4.41. The minimum atomic E-state index is 0.147. The zero-order valence-corrected chi connectivity index (χ0v) is 10.8. The normalized spacial score (nSPS) is 11.3. The first kappa shape index (κ1) is 11.6. The predicted molar refractivity (Wildman–Crippen MR) is 77.6 cm³/mol. The molecule has 9 nitrogen and oxygen atoms in total. The molecule has 1 aromatic carbocycles. The third-order valence-electron chi connectivity index (χ3n) is 3.15. The Labute approximate surface area is 118 Å². The molecule has 0 unspecified atom stereocenters. The van der Waals surface area contributed by atoms with E-state index in [9.17, 15) is 0 Å². The van der Waals surface area contributed by atoms with Crippen LogP contribution in [0.15, 0.2) is 36.5 Å². The largest absolute Gasteiger partial charge is 0.366 e. The van der Waals surface area contributed by atoms with Crippen molar-refractivity contribution < 1.29 is 0 Å². The van der Waals surface area contributed by atoms with Crippen LogP contribution in [-0.4, -0.2) is 29.4 Å². The molecule has 21 heavy (non-hydrogen) atoms. The molecular formula is C12H11N9. The van der Waals surface area contributed by atoms with E-state index in [4.69, 9.17) is 11.6 Å². The minimum Gasteiger partial charge on any atom is -0.366 e. The van der Waals surface area contributed by atoms with Gasteiger partial charge in [0.15, 0.2) is 11.3 Å². The lowest BCUT2D eigenvalue weighted by Crippen LogP contribution is -2.14. The van der Waals surface area contributed by atoms with Gasteiger partial charge in [-0.25, -0.2) is 10.5 Å². The van der Waals surface area contributed by atoms with Crippen LogP contribution in [-0.2, 0) is 0 Å². The van der Waals surface area contributed by atoms with Crippen LogP contribution in [0, 0.1) is 0 Å². The Bertz CT molecular complexity index is 938. The predicted octanol–water partition coefficient (Wildman–Crippen LogP) is 0.331. The number of nitrogens with two attached hydrogens (primary N) is 2. The summed E-state index contributed by atoms with van der Waals surface area (Å²) in [5.74, 6) is 5.98. The molecule has 4 rings (SSSR count). The fraction of sp³-hybridized carbons (Fsp3) is 0. The molecule has 0 amide bonds. The number of fused-ring (bicyclic) bond motifs is 3. The lowest BCUT2D eigenvalue weighted by Gasteiger charge is -2.05. The summed E-state index contributed by atoms with van der Waals surface area (Å²) in [6.45, 7) is 0. The van der Waals surface area contributed by atoms with E-state index in [0.29, 0.717) is 17.2 Å². The maximum Gasteiger partial charge on any atom is 0.242 e. The van der Waals surface area contributed by atoms with E-state index in [0.717, 1.165) is 11.1 Å². The summed E-state index contributed by atoms with van der Waals surface area (Å²) < 4.78 is 3.16. The number of nitrogens with zero attached hydrogens (tertiary/aromatic N) is 6. The maximum atomic E-state index is 5.66. The topological polar surface area (TPSA) is 125 Å². The molecule has 5 N–H and O–H groups in total. The van der Waals surface area contributed by atoms with E-state index in [1.165, 1.54) is 4.52 Å². The van der Waals surface area contributed by atoms with Gasteiger partial charge in [-0.15, -0.1) is 5.10 Å². The van der Waals surface area contributed by atoms with Crippen molar-refractivity contribution in [2.45, 2.75) is 0 Å². The van der Waals surface area contributed by atoms with Gasteiger partial charge in [0.2, 0.25) is 11.9 Å². The van der Waals surface area contributed by atoms with E-state index < -0.39 is 0 Å². The van der Waals surface area contributed by atoms with Crippen molar-refractivity contribution in [1.29, 1.82) is 0 Å². The van der Waals surface area contributed by atoms with Gasteiger partial charge in [0.25, 0.3) is 0 Å². The Morgan fingerprint density at radius 3 is 2.62 bits per heavy atom. The van der Waals surface area contributed by atoms with Crippen LogP contribution in [0.4, 0.5) is 11.9 Å². The molecule has 0 aliphatic carbocycles. The smallest absolute Gasteiger partial charge is 0.242 e. The van der Waals surface area contributed by atoms with E-state index in [1.54, 1.807) is 10.9 Å². The van der Waals surface area contributed by atoms with E-state index in [2.05, 4.69) is 25.6 Å². The molecule has 0 aliphatic rings. The number of benzene rings is 1. The van der Waals surface area contributed by atoms with Crippen LogP contribution in [0.2, 0.25) is 0 Å². The SMILES string of the molecule is NNc1nc2c(cnn2-c2ccccc2)c2nc(N)nn12. The Kier molecular flexibility index (Phi) is 2.29. The van der Waals surface area contributed by atoms with Gasteiger partial charge >= 0.3 is 0 Å². The van der Waals surface area contributed by atoms with Crippen LogP contribution >= 0.6 is 0 Å². The third-order valence-corrected chi connectivity index (χ3v) is 3.15. The summed E-state index contributed by atoms with van der Waals surface area (Å²) in [5.41, 5.74) is 10.2. The van der Waals surface area contributed by atoms with E-state index in [-0.39, 0.29) is 5.95 Å². The first-order chi connectivity index (χ1) is 10.3. The summed E-state index contributed by atoms with van der Waals surface area (Å²) in [7, 11) is 0. The summed E-state index contributed by atoms with van der Waals surface area (Å²) in [6.07, 6.45) is 1.68. The van der Waals surface area contributed by atoms with Gasteiger partial charge in [0.1, 0.15) is 0 Å². The molecule has 4 aromatic rings. The summed E-state index contributed by atoms with van der Waals surface area (Å²) in [5, 5.41) is 9.16. The first-order valence-electron chi connectivity index (χ1n) is 6.20. The Morgan fingerprint density at radius 2 is 1.86 bits per heavy atom. The van der Waals surface area contributed by atoms with Crippen molar-refractivity contribution in [3.63, 3.8) is 0 Å². The van der Waals surface area contributed by atoms with Crippen LogP contribution in [0.25, 0.3) is 22.4 Å². The first-order valence-corrected chi connectivity index (χ1v) is 6.20. The van der Waals surface area contributed by atoms with Crippen molar-refractivity contribution in [3.8, 4) is 5.69 Å². The van der Waals surface area contributed by atoms with Crippen molar-refractivity contribution in [2.75, 3.05) is 11.2 Å². The van der Waals surface area contributed by atoms with Crippen molar-refractivity contribution in [1.82, 2.24) is 29.4 Å². The lowest BCUT2D eigenvalue weighted by atomic mass is 10.3.